The number of nitrogens with zero attached hydrogens (tertiary/aromatic N) is 2. The third-order valence-electron chi connectivity index (χ3n) is 2.76. The van der Waals surface area contributed by atoms with Gasteiger partial charge < -0.3 is 10.2 Å². The van der Waals surface area contributed by atoms with Crippen molar-refractivity contribution in [1.82, 2.24) is 10.3 Å². The van der Waals surface area contributed by atoms with Gasteiger partial charge in [0.05, 0.1) is 10.7 Å². The summed E-state index contributed by atoms with van der Waals surface area (Å²) in [7, 11) is 0. The number of hydrogen-bond donors (Lipinski definition) is 1. The van der Waals surface area contributed by atoms with Gasteiger partial charge in [0.2, 0.25) is 0 Å². The molecule has 3 nitrogen and oxygen atoms in total. The van der Waals surface area contributed by atoms with Gasteiger partial charge >= 0.3 is 0 Å². The maximum absolute atomic E-state index is 6.13. The highest BCUT2D eigenvalue weighted by Gasteiger charge is 2.28. The van der Waals surface area contributed by atoms with Crippen molar-refractivity contribution >= 4 is 17.3 Å². The molecule has 1 aliphatic rings. The van der Waals surface area contributed by atoms with E-state index in [9.17, 15) is 0 Å². The molecule has 1 aliphatic heterocycles. The van der Waals surface area contributed by atoms with E-state index in [0.717, 1.165) is 29.5 Å². The summed E-state index contributed by atoms with van der Waals surface area (Å²) in [6.45, 7) is 8.39. The van der Waals surface area contributed by atoms with E-state index >= 15 is 0 Å². The average Bonchev–Trinajstić information content (AvgIpc) is 2.15. The van der Waals surface area contributed by atoms with E-state index in [1.165, 1.54) is 0 Å². The molecule has 0 amide bonds. The summed E-state index contributed by atoms with van der Waals surface area (Å²) in [5.74, 6) is 0. The molecule has 1 N–H and O–H groups in total. The van der Waals surface area contributed by atoms with E-state index in [4.69, 9.17) is 11.6 Å². The minimum atomic E-state index is 0.543. The molecule has 0 saturated carbocycles. The van der Waals surface area contributed by atoms with Crippen molar-refractivity contribution in [3.63, 3.8) is 0 Å². The Morgan fingerprint density at radius 1 is 1.50 bits per heavy atom. The molecule has 1 saturated heterocycles. The maximum Gasteiger partial charge on any atom is 0.0822 e. The Morgan fingerprint density at radius 2 is 2.19 bits per heavy atom. The number of halogens is 1. The summed E-state index contributed by atoms with van der Waals surface area (Å²) < 4.78 is 0. The highest BCUT2D eigenvalue weighted by atomic mass is 35.5. The van der Waals surface area contributed by atoms with Gasteiger partial charge in [-0.3, -0.25) is 4.98 Å². The van der Waals surface area contributed by atoms with Crippen LogP contribution >= 0.6 is 11.6 Å². The van der Waals surface area contributed by atoms with Crippen LogP contribution in [-0.4, -0.2) is 30.2 Å². The molecular formula is C12H18ClN3. The molecule has 0 atom stereocenters. The molecule has 88 valence electrons. The summed E-state index contributed by atoms with van der Waals surface area (Å²) in [6.07, 6.45) is 1.73. The van der Waals surface area contributed by atoms with Crippen LogP contribution in [0.15, 0.2) is 12.3 Å². The van der Waals surface area contributed by atoms with Crippen LogP contribution in [0.2, 0.25) is 5.02 Å². The fraction of sp³-hybridized carbons (Fsp3) is 0.583. The van der Waals surface area contributed by atoms with E-state index in [1.54, 1.807) is 6.20 Å². The fourth-order valence-electron chi connectivity index (χ4n) is 2.02. The van der Waals surface area contributed by atoms with Crippen molar-refractivity contribution in [2.24, 2.45) is 0 Å². The topological polar surface area (TPSA) is 28.2 Å². The lowest BCUT2D eigenvalue weighted by molar-refractivity contribution is 0.389. The standard InChI is InChI=1S/C12H18ClN3/c1-8(2)15-10-6-16(7-10)12-4-9(3)14-5-11(12)13/h4-5,8,10,15H,6-7H2,1-3H3. The predicted octanol–water partition coefficient (Wildman–Crippen LogP) is 2.23. The van der Waals surface area contributed by atoms with E-state index in [2.05, 4.69) is 29.0 Å². The Kier molecular flexibility index (Phi) is 3.36. The van der Waals surface area contributed by atoms with Crippen LogP contribution < -0.4 is 10.2 Å². The first kappa shape index (κ1) is 11.7. The number of aromatic nitrogens is 1. The predicted molar refractivity (Wildman–Crippen MR) is 68.3 cm³/mol. The first-order valence-corrected chi connectivity index (χ1v) is 6.07. The number of nitrogens with one attached hydrogen (secondary N) is 1. The molecule has 2 rings (SSSR count). The Hall–Kier alpha value is -0.800. The van der Waals surface area contributed by atoms with Crippen LogP contribution in [0.5, 0.6) is 0 Å². The smallest absolute Gasteiger partial charge is 0.0822 e. The van der Waals surface area contributed by atoms with Crippen LogP contribution in [-0.2, 0) is 0 Å². The second-order valence-corrected chi connectivity index (χ2v) is 5.11. The second kappa shape index (κ2) is 4.60. The number of aryl methyl sites for hydroxylation is 1. The van der Waals surface area contributed by atoms with E-state index in [-0.39, 0.29) is 0 Å². The summed E-state index contributed by atoms with van der Waals surface area (Å²) in [4.78, 5) is 6.46. The zero-order valence-electron chi connectivity index (χ0n) is 10.00. The Balaban J connectivity index is 1.98. The van der Waals surface area contributed by atoms with Gasteiger partial charge in [-0.15, -0.1) is 0 Å². The van der Waals surface area contributed by atoms with Gasteiger partial charge in [-0.2, -0.15) is 0 Å². The van der Waals surface area contributed by atoms with Crippen LogP contribution in [0.3, 0.4) is 0 Å². The third-order valence-corrected chi connectivity index (χ3v) is 3.05. The summed E-state index contributed by atoms with van der Waals surface area (Å²) in [5.41, 5.74) is 2.12. The molecule has 0 unspecified atom stereocenters. The lowest BCUT2D eigenvalue weighted by atomic mass is 10.1. The molecule has 0 radical (unpaired) electrons. The first-order valence-electron chi connectivity index (χ1n) is 5.69. The van der Waals surface area contributed by atoms with Gasteiger partial charge in [0.25, 0.3) is 0 Å². The normalized spacial score (nSPS) is 16.7. The largest absolute Gasteiger partial charge is 0.367 e. The van der Waals surface area contributed by atoms with Crippen molar-refractivity contribution in [2.75, 3.05) is 18.0 Å². The average molecular weight is 240 g/mol. The third kappa shape index (κ3) is 2.47. The molecule has 1 fully saturated rings. The molecule has 1 aromatic rings. The quantitative estimate of drug-likeness (QED) is 0.877. The Labute approximate surface area is 102 Å². The van der Waals surface area contributed by atoms with Gasteiger partial charge in [-0.1, -0.05) is 25.4 Å². The van der Waals surface area contributed by atoms with Crippen molar-refractivity contribution in [3.05, 3.63) is 23.0 Å². The van der Waals surface area contributed by atoms with Gasteiger partial charge in [0.15, 0.2) is 0 Å². The number of hydrogen-bond acceptors (Lipinski definition) is 3. The Morgan fingerprint density at radius 3 is 2.81 bits per heavy atom. The highest BCUT2D eigenvalue weighted by Crippen LogP contribution is 2.29. The van der Waals surface area contributed by atoms with Gasteiger partial charge in [0, 0.05) is 37.1 Å². The molecule has 0 bridgehead atoms. The zero-order valence-corrected chi connectivity index (χ0v) is 10.8. The fourth-order valence-corrected chi connectivity index (χ4v) is 2.25. The second-order valence-electron chi connectivity index (χ2n) is 4.70. The summed E-state index contributed by atoms with van der Waals surface area (Å²) in [5, 5.41) is 4.26. The van der Waals surface area contributed by atoms with E-state index in [0.29, 0.717) is 12.1 Å². The number of pyridine rings is 1. The monoisotopic (exact) mass is 239 g/mol. The minimum Gasteiger partial charge on any atom is -0.367 e. The molecule has 0 spiro atoms. The van der Waals surface area contributed by atoms with Crippen LogP contribution in [0.1, 0.15) is 19.5 Å². The lowest BCUT2D eigenvalue weighted by Gasteiger charge is -2.42. The SMILES string of the molecule is Cc1cc(N2CC(NC(C)C)C2)c(Cl)cn1. The minimum absolute atomic E-state index is 0.543. The molecule has 2 heterocycles. The summed E-state index contributed by atoms with van der Waals surface area (Å²) >= 11 is 6.13. The lowest BCUT2D eigenvalue weighted by Crippen LogP contribution is -2.59. The Bertz CT molecular complexity index is 373. The van der Waals surface area contributed by atoms with Gasteiger partial charge in [0.1, 0.15) is 0 Å². The van der Waals surface area contributed by atoms with Gasteiger partial charge in [-0.05, 0) is 13.0 Å². The van der Waals surface area contributed by atoms with Crippen LogP contribution in [0, 0.1) is 6.92 Å². The molecule has 4 heteroatoms. The van der Waals surface area contributed by atoms with E-state index < -0.39 is 0 Å². The van der Waals surface area contributed by atoms with Crippen LogP contribution in [0.25, 0.3) is 0 Å². The van der Waals surface area contributed by atoms with Crippen molar-refractivity contribution < 1.29 is 0 Å². The molecule has 1 aromatic heterocycles. The van der Waals surface area contributed by atoms with E-state index in [1.807, 2.05) is 13.0 Å². The first-order chi connectivity index (χ1) is 7.56. The van der Waals surface area contributed by atoms with Crippen molar-refractivity contribution in [3.8, 4) is 0 Å². The number of anilines is 1. The zero-order chi connectivity index (χ0) is 11.7. The summed E-state index contributed by atoms with van der Waals surface area (Å²) in [6, 6.07) is 3.18. The van der Waals surface area contributed by atoms with Crippen molar-refractivity contribution in [2.45, 2.75) is 32.9 Å². The molecular weight excluding hydrogens is 222 g/mol. The number of rotatable bonds is 3. The molecule has 0 aromatic carbocycles. The van der Waals surface area contributed by atoms with Crippen molar-refractivity contribution in [1.29, 1.82) is 0 Å². The molecule has 0 aliphatic carbocycles. The van der Waals surface area contributed by atoms with Crippen LogP contribution in [0.4, 0.5) is 5.69 Å². The highest BCUT2D eigenvalue weighted by molar-refractivity contribution is 6.33. The maximum atomic E-state index is 6.13. The molecule has 16 heavy (non-hydrogen) atoms. The van der Waals surface area contributed by atoms with Gasteiger partial charge in [-0.25, -0.2) is 0 Å².